The van der Waals surface area contributed by atoms with E-state index in [1.807, 2.05) is 54.6 Å². The highest BCUT2D eigenvalue weighted by Crippen LogP contribution is 2.31. The Labute approximate surface area is 319 Å². The van der Waals surface area contributed by atoms with Gasteiger partial charge in [0.05, 0.1) is 37.6 Å². The summed E-state index contributed by atoms with van der Waals surface area (Å²) in [6.07, 6.45) is 2.69. The van der Waals surface area contributed by atoms with Gasteiger partial charge in [0.2, 0.25) is 23.6 Å². The maximum atomic E-state index is 12.1. The number of nitrogens with one attached hydrogen (secondary N) is 4. The number of aromatic carboxylic acids is 1. The molecule has 0 atom stereocenters. The van der Waals surface area contributed by atoms with Gasteiger partial charge in [-0.15, -0.1) is 0 Å². The Hall–Kier alpha value is -7.67. The van der Waals surface area contributed by atoms with Gasteiger partial charge in [0, 0.05) is 39.3 Å². The fourth-order valence-electron chi connectivity index (χ4n) is 6.23. The summed E-state index contributed by atoms with van der Waals surface area (Å²) in [5.74, 6) is -0.277. The van der Waals surface area contributed by atoms with Gasteiger partial charge in [0.1, 0.15) is 0 Å². The summed E-state index contributed by atoms with van der Waals surface area (Å²) in [5, 5.41) is 19.4. The second-order valence-electron chi connectivity index (χ2n) is 13.0. The smallest absolute Gasteiger partial charge is 0.335 e. The summed E-state index contributed by atoms with van der Waals surface area (Å²) >= 11 is 0. The Morgan fingerprint density at radius 1 is 0.607 bits per heavy atom. The van der Waals surface area contributed by atoms with Crippen molar-refractivity contribution < 1.29 is 38.3 Å². The van der Waals surface area contributed by atoms with E-state index < -0.39 is 5.97 Å². The predicted molar refractivity (Wildman–Crippen MR) is 207 cm³/mol. The molecular formula is C43H33N5O8. The Morgan fingerprint density at radius 3 is 1.71 bits per heavy atom. The zero-order chi connectivity index (χ0) is 39.2. The minimum atomic E-state index is -0.970. The summed E-state index contributed by atoms with van der Waals surface area (Å²) in [5.41, 5.74) is 7.96. The number of hydrogen-bond acceptors (Lipinski definition) is 8. The lowest BCUT2D eigenvalue weighted by Crippen LogP contribution is -2.29. The number of anilines is 3. The molecule has 9 rings (SSSR count). The Kier molecular flexibility index (Phi) is 10.6. The first-order valence-corrected chi connectivity index (χ1v) is 17.5. The lowest BCUT2D eigenvalue weighted by Gasteiger charge is -2.06. The number of amides is 4. The number of carbonyl (C=O) groups excluding carboxylic acids is 5. The van der Waals surface area contributed by atoms with Gasteiger partial charge in [-0.3, -0.25) is 24.0 Å². The predicted octanol–water partition coefficient (Wildman–Crippen LogP) is 6.18. The minimum Gasteiger partial charge on any atom is -0.478 e. The quantitative estimate of drug-likeness (QED) is 0.119. The van der Waals surface area contributed by atoms with Crippen molar-refractivity contribution in [2.75, 3.05) is 22.5 Å². The van der Waals surface area contributed by atoms with Crippen LogP contribution in [0.2, 0.25) is 0 Å². The summed E-state index contributed by atoms with van der Waals surface area (Å²) in [6.45, 7) is -0.0584. The molecule has 56 heavy (non-hydrogen) atoms. The van der Waals surface area contributed by atoms with Crippen molar-refractivity contribution in [3.8, 4) is 22.8 Å². The van der Waals surface area contributed by atoms with Crippen molar-refractivity contribution >= 4 is 52.4 Å². The molecule has 13 heteroatoms. The number of carboxylic acid groups (broad SMARTS) is 1. The molecule has 13 nitrogen and oxygen atoms in total. The zero-order valence-corrected chi connectivity index (χ0v) is 29.6. The Bertz CT molecular complexity index is 2510. The minimum absolute atomic E-state index is 0.0273. The number of aromatic nitrogens is 1. The number of carbonyl (C=O) groups is 6. The summed E-state index contributed by atoms with van der Waals surface area (Å²) in [6, 6.07) is 34.0. The van der Waals surface area contributed by atoms with Gasteiger partial charge < -0.3 is 30.8 Å². The van der Waals surface area contributed by atoms with Crippen LogP contribution in [0.5, 0.6) is 0 Å². The molecule has 5 aromatic carbocycles. The molecule has 0 bridgehead atoms. The number of carboxylic acids is 1. The average molecular weight is 748 g/mol. The molecule has 4 amide bonds. The molecule has 0 saturated heterocycles. The molecule has 3 aliphatic heterocycles. The number of fused-ring (bicyclic) bond motifs is 3. The van der Waals surface area contributed by atoms with Gasteiger partial charge in [-0.05, 0) is 71.3 Å². The summed E-state index contributed by atoms with van der Waals surface area (Å²) < 4.78 is 5.83. The number of rotatable bonds is 7. The molecule has 0 radical (unpaired) electrons. The molecule has 0 saturated carbocycles. The van der Waals surface area contributed by atoms with Crippen LogP contribution in [0.25, 0.3) is 22.8 Å². The SMILES string of the molecule is O=C1Cc2cc(-c3ncc(-c4ccccc4)o3)ccc2N1.O=C1Cc2cc(C(=O)NCC(=O)c3ccccc3)ccc2N1.O=C1Cc2cc(C(=O)O)ccc2N1. The second-order valence-corrected chi connectivity index (χ2v) is 13.0. The van der Waals surface area contributed by atoms with Crippen LogP contribution in [-0.4, -0.2) is 52.0 Å². The van der Waals surface area contributed by atoms with Crippen molar-refractivity contribution in [1.29, 1.82) is 0 Å². The molecule has 6 aromatic rings. The normalized spacial score (nSPS) is 13.0. The fourth-order valence-corrected chi connectivity index (χ4v) is 6.23. The standard InChI is InChI=1S/C17H14N2O3.C17H12N2O2.C9H7NO3/c20-15(11-4-2-1-3-5-11)10-18-17(22)12-6-7-14-13(8-12)9-16(21)19-14;20-16-9-13-8-12(6-7-14(13)19-16)17-18-10-15(21-17)11-4-2-1-3-5-11;11-8-4-6-3-5(9(12)13)1-2-7(6)10-8/h1-8H,9-10H2,(H,18,22)(H,19,21);1-8,10H,9H2,(H,19,20);1-3H,4H2,(H,10,11)(H,12,13). The van der Waals surface area contributed by atoms with Gasteiger partial charge in [-0.25, -0.2) is 9.78 Å². The van der Waals surface area contributed by atoms with Crippen LogP contribution >= 0.6 is 0 Å². The molecule has 0 spiro atoms. The number of Topliss-reactive ketones (excluding diaryl/α,β-unsaturated/α-hetero) is 1. The maximum absolute atomic E-state index is 12.1. The molecule has 0 unspecified atom stereocenters. The monoisotopic (exact) mass is 747 g/mol. The van der Waals surface area contributed by atoms with Crippen LogP contribution in [0.3, 0.4) is 0 Å². The molecule has 4 heterocycles. The molecular weight excluding hydrogens is 714 g/mol. The lowest BCUT2D eigenvalue weighted by molar-refractivity contribution is -0.115. The number of benzene rings is 5. The number of oxazole rings is 1. The molecule has 1 aromatic heterocycles. The third-order valence-electron chi connectivity index (χ3n) is 9.02. The van der Waals surface area contributed by atoms with Gasteiger partial charge in [-0.1, -0.05) is 60.7 Å². The highest BCUT2D eigenvalue weighted by molar-refractivity contribution is 6.04. The van der Waals surface area contributed by atoms with Crippen LogP contribution in [0, 0.1) is 0 Å². The zero-order valence-electron chi connectivity index (χ0n) is 29.6. The van der Waals surface area contributed by atoms with E-state index in [0.717, 1.165) is 50.6 Å². The first kappa shape index (κ1) is 36.7. The van der Waals surface area contributed by atoms with E-state index in [2.05, 4.69) is 26.3 Å². The van der Waals surface area contributed by atoms with E-state index >= 15 is 0 Å². The fraction of sp³-hybridized carbons (Fsp3) is 0.0930. The van der Waals surface area contributed by atoms with Crippen molar-refractivity contribution in [1.82, 2.24) is 10.3 Å². The molecule has 3 aliphatic rings. The van der Waals surface area contributed by atoms with Gasteiger partial charge in [0.15, 0.2) is 11.5 Å². The third kappa shape index (κ3) is 8.58. The largest absolute Gasteiger partial charge is 0.478 e. The van der Waals surface area contributed by atoms with Gasteiger partial charge in [-0.2, -0.15) is 0 Å². The van der Waals surface area contributed by atoms with Crippen LogP contribution in [0.4, 0.5) is 17.1 Å². The molecule has 0 fully saturated rings. The Balaban J connectivity index is 0.000000133. The molecule has 5 N–H and O–H groups in total. The van der Waals surface area contributed by atoms with Crippen LogP contribution in [0.1, 0.15) is 47.8 Å². The van der Waals surface area contributed by atoms with E-state index in [1.54, 1.807) is 54.7 Å². The highest BCUT2D eigenvalue weighted by Gasteiger charge is 2.21. The van der Waals surface area contributed by atoms with Crippen molar-refractivity contribution in [3.63, 3.8) is 0 Å². The third-order valence-corrected chi connectivity index (χ3v) is 9.02. The van der Waals surface area contributed by atoms with E-state index in [1.165, 1.54) is 12.1 Å². The number of hydrogen-bond donors (Lipinski definition) is 5. The van der Waals surface area contributed by atoms with E-state index in [4.69, 9.17) is 9.52 Å². The second kappa shape index (κ2) is 16.1. The van der Waals surface area contributed by atoms with E-state index in [9.17, 15) is 28.8 Å². The number of nitrogens with zero attached hydrogens (tertiary/aromatic N) is 1. The highest BCUT2D eigenvalue weighted by atomic mass is 16.4. The van der Waals surface area contributed by atoms with Crippen LogP contribution < -0.4 is 21.3 Å². The van der Waals surface area contributed by atoms with E-state index in [-0.39, 0.29) is 54.4 Å². The maximum Gasteiger partial charge on any atom is 0.335 e. The first-order valence-electron chi connectivity index (χ1n) is 17.5. The first-order chi connectivity index (χ1) is 27.1. The topological polar surface area (TPSA) is 197 Å². The summed E-state index contributed by atoms with van der Waals surface area (Å²) in [7, 11) is 0. The van der Waals surface area contributed by atoms with E-state index in [0.29, 0.717) is 23.4 Å². The Morgan fingerprint density at radius 2 is 1.12 bits per heavy atom. The van der Waals surface area contributed by atoms with Gasteiger partial charge >= 0.3 is 5.97 Å². The number of ketones is 1. The van der Waals surface area contributed by atoms with Crippen molar-refractivity contribution in [3.05, 3.63) is 155 Å². The lowest BCUT2D eigenvalue weighted by atomic mass is 10.1. The van der Waals surface area contributed by atoms with Crippen LogP contribution in [-0.2, 0) is 33.6 Å². The van der Waals surface area contributed by atoms with Crippen molar-refractivity contribution in [2.45, 2.75) is 19.3 Å². The average Bonchev–Trinajstić information content (AvgIpc) is 4.01. The van der Waals surface area contributed by atoms with Crippen molar-refractivity contribution in [2.24, 2.45) is 0 Å². The molecule has 0 aliphatic carbocycles. The van der Waals surface area contributed by atoms with Crippen LogP contribution in [0.15, 0.2) is 126 Å². The van der Waals surface area contributed by atoms with Gasteiger partial charge in [0.25, 0.3) is 5.91 Å². The molecule has 278 valence electrons. The summed E-state index contributed by atoms with van der Waals surface area (Å²) in [4.78, 5) is 72.6.